The minimum absolute atomic E-state index is 0.228. The normalized spacial score (nSPS) is 11.4. The van der Waals surface area contributed by atoms with Crippen LogP contribution in [0.2, 0.25) is 0 Å². The first kappa shape index (κ1) is 51.6. The van der Waals surface area contributed by atoms with Crippen LogP contribution < -0.4 is 18.9 Å². The molecule has 360 valence electrons. The number of unbranched alkanes of at least 4 members (excludes halogenated alkanes) is 12. The number of hydrogen-bond donors (Lipinski definition) is 0. The molecular formula is C61H68O8. The molecule has 6 aromatic rings. The van der Waals surface area contributed by atoms with E-state index in [9.17, 15) is 19.2 Å². The molecule has 0 N–H and O–H groups in total. The van der Waals surface area contributed by atoms with E-state index in [0.717, 1.165) is 35.1 Å². The van der Waals surface area contributed by atoms with Crippen molar-refractivity contribution in [3.63, 3.8) is 0 Å². The Morgan fingerprint density at radius 2 is 0.667 bits per heavy atom. The van der Waals surface area contributed by atoms with Gasteiger partial charge in [-0.1, -0.05) is 171 Å². The largest absolute Gasteiger partial charge is 0.427 e. The quantitative estimate of drug-likeness (QED) is 0.0286. The Morgan fingerprint density at radius 3 is 1.03 bits per heavy atom. The lowest BCUT2D eigenvalue weighted by atomic mass is 10.00. The second-order valence-corrected chi connectivity index (χ2v) is 18.0. The van der Waals surface area contributed by atoms with Crippen LogP contribution in [0.5, 0.6) is 23.0 Å². The first-order valence-corrected chi connectivity index (χ1v) is 25.1. The molecule has 8 nitrogen and oxygen atoms in total. The molecule has 0 bridgehead atoms. The van der Waals surface area contributed by atoms with Crippen molar-refractivity contribution in [3.8, 4) is 45.3 Å². The number of esters is 4. The van der Waals surface area contributed by atoms with Crippen molar-refractivity contribution < 1.29 is 38.1 Å². The van der Waals surface area contributed by atoms with E-state index in [-0.39, 0.29) is 29.4 Å². The average molecular weight is 929 g/mol. The topological polar surface area (TPSA) is 105 Å². The Hall–Kier alpha value is -6.80. The lowest BCUT2D eigenvalue weighted by molar-refractivity contribution is -0.144. The summed E-state index contributed by atoms with van der Waals surface area (Å²) in [5.74, 6) is -2.03. The molecule has 6 aromatic carbocycles. The second kappa shape index (κ2) is 27.9. The van der Waals surface area contributed by atoms with E-state index in [1.807, 2.05) is 24.3 Å². The van der Waals surface area contributed by atoms with Crippen LogP contribution in [0.25, 0.3) is 22.3 Å². The smallest absolute Gasteiger partial charge is 0.343 e. The van der Waals surface area contributed by atoms with Gasteiger partial charge in [0, 0.05) is 0 Å². The number of rotatable bonds is 27. The molecule has 0 aliphatic rings. The maximum absolute atomic E-state index is 12.9. The van der Waals surface area contributed by atoms with Crippen LogP contribution in [0.4, 0.5) is 0 Å². The Balaban J connectivity index is 0.874. The summed E-state index contributed by atoms with van der Waals surface area (Å²) < 4.78 is 22.1. The summed E-state index contributed by atoms with van der Waals surface area (Å²) in [6.45, 7) is 6.06. The van der Waals surface area contributed by atoms with Crippen LogP contribution in [0.3, 0.4) is 0 Å². The summed E-state index contributed by atoms with van der Waals surface area (Å²) in [6.07, 6.45) is 20.1. The van der Waals surface area contributed by atoms with Gasteiger partial charge in [-0.2, -0.15) is 0 Å². The Bertz CT molecular complexity index is 2490. The molecule has 0 fully saturated rings. The van der Waals surface area contributed by atoms with Crippen LogP contribution in [0.1, 0.15) is 149 Å². The maximum Gasteiger partial charge on any atom is 0.343 e. The van der Waals surface area contributed by atoms with Gasteiger partial charge in [0.05, 0.1) is 23.5 Å². The molecule has 0 aromatic heterocycles. The van der Waals surface area contributed by atoms with Crippen LogP contribution in [0.15, 0.2) is 146 Å². The average Bonchev–Trinajstić information content (AvgIpc) is 3.37. The minimum atomic E-state index is -0.809. The molecule has 0 saturated carbocycles. The summed E-state index contributed by atoms with van der Waals surface area (Å²) in [7, 11) is 0. The zero-order valence-electron chi connectivity index (χ0n) is 40.7. The van der Waals surface area contributed by atoms with Gasteiger partial charge in [0.25, 0.3) is 0 Å². The van der Waals surface area contributed by atoms with Gasteiger partial charge < -0.3 is 18.9 Å². The molecule has 6 rings (SSSR count). The predicted octanol–water partition coefficient (Wildman–Crippen LogP) is 15.6. The molecule has 0 saturated heterocycles. The zero-order valence-corrected chi connectivity index (χ0v) is 40.7. The molecule has 0 amide bonds. The van der Waals surface area contributed by atoms with Crippen LogP contribution in [-0.2, 0) is 22.4 Å². The Labute approximate surface area is 409 Å². The number of benzene rings is 6. The minimum Gasteiger partial charge on any atom is -0.427 e. The third-order valence-corrected chi connectivity index (χ3v) is 12.3. The van der Waals surface area contributed by atoms with Crippen molar-refractivity contribution in [2.45, 2.75) is 130 Å². The van der Waals surface area contributed by atoms with Crippen LogP contribution in [-0.4, -0.2) is 23.9 Å². The molecule has 0 aliphatic carbocycles. The third-order valence-electron chi connectivity index (χ3n) is 12.3. The predicted molar refractivity (Wildman–Crippen MR) is 275 cm³/mol. The standard InChI is InChI=1S/C61H68O8/c1-4-6-8-10-12-14-16-18-46-20-24-48(25-21-46)50-28-32-52(33-29-50)60(64)68-56-38-36-54(37-39-56)66-58(62)44-45(3)59(63)67-55-40-42-57(43-41-55)69-61(65)53-34-30-51(31-35-53)49-26-22-47(23-27-49)19-17-15-13-11-9-7-5-2/h20-43,45H,4-19,44H2,1-3H3. The summed E-state index contributed by atoms with van der Waals surface area (Å²) in [4.78, 5) is 51.4. The van der Waals surface area contributed by atoms with Crippen molar-refractivity contribution in [2.24, 2.45) is 5.92 Å². The SMILES string of the molecule is CCCCCCCCCc1ccc(-c2ccc(C(=O)Oc3ccc(OC(=O)CC(C)C(=O)Oc4ccc(OC(=O)c5ccc(-c6ccc(CCCCCCCCC)cc6)cc5)cc4)cc3)cc2)cc1. The summed E-state index contributed by atoms with van der Waals surface area (Å²) >= 11 is 0. The number of carbonyl (C=O) groups excluding carboxylic acids is 4. The van der Waals surface area contributed by atoms with E-state index < -0.39 is 29.8 Å². The van der Waals surface area contributed by atoms with E-state index in [1.54, 1.807) is 31.2 Å². The fraction of sp³-hybridized carbons (Fsp3) is 0.344. The number of aryl methyl sites for hydroxylation is 2. The first-order valence-electron chi connectivity index (χ1n) is 25.1. The Morgan fingerprint density at radius 1 is 0.362 bits per heavy atom. The van der Waals surface area contributed by atoms with Crippen molar-refractivity contribution in [1.82, 2.24) is 0 Å². The monoisotopic (exact) mass is 928 g/mol. The maximum atomic E-state index is 12.9. The van der Waals surface area contributed by atoms with Gasteiger partial charge in [0.2, 0.25) is 0 Å². The van der Waals surface area contributed by atoms with Crippen LogP contribution in [0, 0.1) is 5.92 Å². The molecule has 1 atom stereocenters. The molecular weight excluding hydrogens is 861 g/mol. The van der Waals surface area contributed by atoms with E-state index in [4.69, 9.17) is 18.9 Å². The van der Waals surface area contributed by atoms with Gasteiger partial charge in [-0.25, -0.2) is 9.59 Å². The van der Waals surface area contributed by atoms with Crippen molar-refractivity contribution in [1.29, 1.82) is 0 Å². The fourth-order valence-corrected chi connectivity index (χ4v) is 8.10. The van der Waals surface area contributed by atoms with E-state index in [0.29, 0.717) is 11.1 Å². The summed E-state index contributed by atoms with van der Waals surface area (Å²) in [5.41, 5.74) is 7.71. The zero-order chi connectivity index (χ0) is 48.6. The van der Waals surface area contributed by atoms with Crippen LogP contribution >= 0.6 is 0 Å². The highest BCUT2D eigenvalue weighted by Crippen LogP contribution is 2.26. The molecule has 0 radical (unpaired) electrons. The highest BCUT2D eigenvalue weighted by molar-refractivity contribution is 5.92. The van der Waals surface area contributed by atoms with Crippen molar-refractivity contribution in [2.75, 3.05) is 0 Å². The lowest BCUT2D eigenvalue weighted by Gasteiger charge is -2.12. The highest BCUT2D eigenvalue weighted by atomic mass is 16.6. The lowest BCUT2D eigenvalue weighted by Crippen LogP contribution is -2.23. The van der Waals surface area contributed by atoms with E-state index in [2.05, 4.69) is 62.4 Å². The van der Waals surface area contributed by atoms with Crippen molar-refractivity contribution in [3.05, 3.63) is 168 Å². The van der Waals surface area contributed by atoms with E-state index in [1.165, 1.54) is 150 Å². The summed E-state index contributed by atoms with van der Waals surface area (Å²) in [6, 6.07) is 44.1. The second-order valence-electron chi connectivity index (χ2n) is 18.0. The fourth-order valence-electron chi connectivity index (χ4n) is 8.10. The van der Waals surface area contributed by atoms with Gasteiger partial charge in [-0.05, 0) is 132 Å². The van der Waals surface area contributed by atoms with Gasteiger partial charge in [0.1, 0.15) is 23.0 Å². The van der Waals surface area contributed by atoms with Crippen molar-refractivity contribution >= 4 is 23.9 Å². The highest BCUT2D eigenvalue weighted by Gasteiger charge is 2.21. The number of hydrogen-bond acceptors (Lipinski definition) is 8. The van der Waals surface area contributed by atoms with Gasteiger partial charge in [-0.15, -0.1) is 0 Å². The summed E-state index contributed by atoms with van der Waals surface area (Å²) in [5, 5.41) is 0. The molecule has 8 heteroatoms. The molecule has 0 aliphatic heterocycles. The number of carbonyl (C=O) groups is 4. The van der Waals surface area contributed by atoms with Gasteiger partial charge in [0.15, 0.2) is 0 Å². The van der Waals surface area contributed by atoms with Gasteiger partial charge in [-0.3, -0.25) is 9.59 Å². The third kappa shape index (κ3) is 17.3. The molecule has 1 unspecified atom stereocenters. The van der Waals surface area contributed by atoms with E-state index >= 15 is 0 Å². The van der Waals surface area contributed by atoms with Gasteiger partial charge >= 0.3 is 23.9 Å². The molecule has 0 heterocycles. The number of ether oxygens (including phenoxy) is 4. The first-order chi connectivity index (χ1) is 33.7. The molecule has 69 heavy (non-hydrogen) atoms. The molecule has 0 spiro atoms. The Kier molecular flexibility index (Phi) is 20.8.